The number of aromatic nitrogens is 2. The number of rotatable bonds is 7. The van der Waals surface area contributed by atoms with Gasteiger partial charge in [0.1, 0.15) is 0 Å². The van der Waals surface area contributed by atoms with Crippen LogP contribution in [0.4, 0.5) is 5.95 Å². The monoisotopic (exact) mass is 265 g/mol. The number of hydrogen-bond acceptors (Lipinski definition) is 5. The van der Waals surface area contributed by atoms with Gasteiger partial charge in [-0.3, -0.25) is 0 Å². The van der Waals surface area contributed by atoms with E-state index >= 15 is 0 Å². The molecule has 1 heterocycles. The summed E-state index contributed by atoms with van der Waals surface area (Å²) < 4.78 is 0. The molecule has 0 saturated carbocycles. The molecule has 1 aromatic rings. The van der Waals surface area contributed by atoms with E-state index < -0.39 is 0 Å². The van der Waals surface area contributed by atoms with E-state index in [1.165, 1.54) is 0 Å². The zero-order valence-corrected chi connectivity index (χ0v) is 12.8. The van der Waals surface area contributed by atoms with Gasteiger partial charge in [-0.15, -0.1) is 0 Å². The highest BCUT2D eigenvalue weighted by atomic mass is 15.3. The summed E-state index contributed by atoms with van der Waals surface area (Å²) in [5.74, 6) is 1.39. The van der Waals surface area contributed by atoms with Gasteiger partial charge in [-0.1, -0.05) is 13.8 Å². The first-order chi connectivity index (χ1) is 8.93. The van der Waals surface area contributed by atoms with Crippen LogP contribution in [-0.2, 0) is 6.54 Å². The molecule has 0 aliphatic heterocycles. The third kappa shape index (κ3) is 5.12. The van der Waals surface area contributed by atoms with Crippen molar-refractivity contribution in [2.45, 2.75) is 27.3 Å². The number of nitrogens with two attached hydrogens (primary N) is 1. The average molecular weight is 265 g/mol. The Hall–Kier alpha value is -1.20. The fourth-order valence-electron chi connectivity index (χ4n) is 1.87. The molecule has 2 N–H and O–H groups in total. The van der Waals surface area contributed by atoms with Crippen LogP contribution in [-0.4, -0.2) is 48.6 Å². The Morgan fingerprint density at radius 3 is 2.42 bits per heavy atom. The van der Waals surface area contributed by atoms with E-state index in [2.05, 4.69) is 47.7 Å². The molecule has 1 aromatic heterocycles. The summed E-state index contributed by atoms with van der Waals surface area (Å²) in [5.41, 5.74) is 7.65. The van der Waals surface area contributed by atoms with Gasteiger partial charge in [0.15, 0.2) is 0 Å². The Labute approximate surface area is 116 Å². The molecule has 1 rings (SSSR count). The smallest absolute Gasteiger partial charge is 0.225 e. The molecule has 0 amide bonds. The lowest BCUT2D eigenvalue weighted by molar-refractivity contribution is 0.407. The van der Waals surface area contributed by atoms with Crippen molar-refractivity contribution in [1.29, 1.82) is 0 Å². The van der Waals surface area contributed by atoms with Crippen molar-refractivity contribution < 1.29 is 0 Å². The maximum Gasteiger partial charge on any atom is 0.225 e. The summed E-state index contributed by atoms with van der Waals surface area (Å²) in [5, 5.41) is 0. The van der Waals surface area contributed by atoms with Crippen molar-refractivity contribution in [3.63, 3.8) is 0 Å². The van der Waals surface area contributed by atoms with Gasteiger partial charge < -0.3 is 15.5 Å². The lowest BCUT2D eigenvalue weighted by Crippen LogP contribution is -2.35. The highest BCUT2D eigenvalue weighted by molar-refractivity contribution is 5.33. The molecule has 0 aromatic carbocycles. The Morgan fingerprint density at radius 2 is 1.95 bits per heavy atom. The first kappa shape index (κ1) is 15.9. The van der Waals surface area contributed by atoms with Crippen LogP contribution in [0.2, 0.25) is 0 Å². The second-order valence-electron chi connectivity index (χ2n) is 5.63. The van der Waals surface area contributed by atoms with E-state index in [0.717, 1.165) is 36.8 Å². The molecular weight excluding hydrogens is 238 g/mol. The molecule has 0 saturated heterocycles. The maximum absolute atomic E-state index is 5.66. The van der Waals surface area contributed by atoms with Crippen LogP contribution in [0.25, 0.3) is 0 Å². The van der Waals surface area contributed by atoms with E-state index in [-0.39, 0.29) is 0 Å². The molecule has 0 aliphatic rings. The minimum Gasteiger partial charge on any atom is -0.339 e. The number of aryl methyl sites for hydroxylation is 1. The molecule has 5 heteroatoms. The van der Waals surface area contributed by atoms with Gasteiger partial charge in [-0.05, 0) is 26.9 Å². The van der Waals surface area contributed by atoms with Crippen molar-refractivity contribution in [3.8, 4) is 0 Å². The Kier molecular flexibility index (Phi) is 6.18. The molecule has 0 bridgehead atoms. The number of nitrogens with zero attached hydrogens (tertiary/aromatic N) is 4. The molecule has 0 spiro atoms. The normalized spacial score (nSPS) is 11.4. The first-order valence-electron chi connectivity index (χ1n) is 6.86. The highest BCUT2D eigenvalue weighted by Gasteiger charge is 2.13. The quantitative estimate of drug-likeness (QED) is 0.804. The van der Waals surface area contributed by atoms with Crippen molar-refractivity contribution in [1.82, 2.24) is 14.9 Å². The van der Waals surface area contributed by atoms with E-state index in [1.54, 1.807) is 0 Å². The van der Waals surface area contributed by atoms with Gasteiger partial charge in [0.25, 0.3) is 0 Å². The molecule has 0 unspecified atom stereocenters. The Balaban J connectivity index is 2.86. The van der Waals surface area contributed by atoms with Crippen LogP contribution in [0.5, 0.6) is 0 Å². The molecule has 19 heavy (non-hydrogen) atoms. The third-order valence-corrected chi connectivity index (χ3v) is 2.97. The Bertz CT molecular complexity index is 389. The van der Waals surface area contributed by atoms with Gasteiger partial charge in [0, 0.05) is 43.6 Å². The molecular formula is C14H27N5. The van der Waals surface area contributed by atoms with Gasteiger partial charge >= 0.3 is 0 Å². The van der Waals surface area contributed by atoms with Crippen molar-refractivity contribution in [2.75, 3.05) is 38.6 Å². The van der Waals surface area contributed by atoms with Gasteiger partial charge in [-0.2, -0.15) is 0 Å². The summed E-state index contributed by atoms with van der Waals surface area (Å²) in [6.45, 7) is 9.81. The minimum absolute atomic E-state index is 0.494. The summed E-state index contributed by atoms with van der Waals surface area (Å²) >= 11 is 0. The fraction of sp³-hybridized carbons (Fsp3) is 0.714. The zero-order valence-electron chi connectivity index (χ0n) is 12.8. The SMILES string of the molecule is Cc1nc(N(CCN(C)C)CC(C)C)ncc1CN. The highest BCUT2D eigenvalue weighted by Crippen LogP contribution is 2.12. The molecule has 5 nitrogen and oxygen atoms in total. The number of likely N-dealkylation sites (N-methyl/N-ethyl adjacent to an activating group) is 1. The number of hydrogen-bond donors (Lipinski definition) is 1. The van der Waals surface area contributed by atoms with Crippen LogP contribution in [0.3, 0.4) is 0 Å². The predicted molar refractivity (Wildman–Crippen MR) is 80.3 cm³/mol. The Morgan fingerprint density at radius 1 is 1.26 bits per heavy atom. The fourth-order valence-corrected chi connectivity index (χ4v) is 1.87. The van der Waals surface area contributed by atoms with Crippen molar-refractivity contribution in [3.05, 3.63) is 17.5 Å². The van der Waals surface area contributed by atoms with Gasteiger partial charge in [-0.25, -0.2) is 9.97 Å². The predicted octanol–water partition coefficient (Wildman–Crippen LogP) is 1.27. The van der Waals surface area contributed by atoms with Crippen LogP contribution in [0.1, 0.15) is 25.1 Å². The topological polar surface area (TPSA) is 58.3 Å². The third-order valence-electron chi connectivity index (χ3n) is 2.97. The van der Waals surface area contributed by atoms with Crippen LogP contribution in [0, 0.1) is 12.8 Å². The van der Waals surface area contributed by atoms with Crippen LogP contribution >= 0.6 is 0 Å². The van der Waals surface area contributed by atoms with Crippen LogP contribution in [0.15, 0.2) is 6.20 Å². The first-order valence-corrected chi connectivity index (χ1v) is 6.86. The summed E-state index contributed by atoms with van der Waals surface area (Å²) in [4.78, 5) is 13.5. The van der Waals surface area contributed by atoms with Gasteiger partial charge in [0.05, 0.1) is 0 Å². The molecule has 0 fully saturated rings. The minimum atomic E-state index is 0.494. The second kappa shape index (κ2) is 7.40. The van der Waals surface area contributed by atoms with E-state index in [0.29, 0.717) is 12.5 Å². The maximum atomic E-state index is 5.66. The lowest BCUT2D eigenvalue weighted by Gasteiger charge is -2.26. The lowest BCUT2D eigenvalue weighted by atomic mass is 10.2. The molecule has 0 radical (unpaired) electrons. The average Bonchev–Trinajstić information content (AvgIpc) is 2.33. The second-order valence-corrected chi connectivity index (χ2v) is 5.63. The standard InChI is InChI=1S/C14H27N5/c1-11(2)10-19(7-6-18(4)5)14-16-9-13(8-15)12(3)17-14/h9,11H,6-8,10,15H2,1-5H3. The zero-order chi connectivity index (χ0) is 14.4. The van der Waals surface area contributed by atoms with Crippen molar-refractivity contribution >= 4 is 5.95 Å². The van der Waals surface area contributed by atoms with E-state index in [1.807, 2.05) is 13.1 Å². The molecule has 0 atom stereocenters. The van der Waals surface area contributed by atoms with E-state index in [9.17, 15) is 0 Å². The van der Waals surface area contributed by atoms with Gasteiger partial charge in [0.2, 0.25) is 5.95 Å². The number of anilines is 1. The largest absolute Gasteiger partial charge is 0.339 e. The van der Waals surface area contributed by atoms with E-state index in [4.69, 9.17) is 5.73 Å². The summed E-state index contributed by atoms with van der Waals surface area (Å²) in [6, 6.07) is 0. The summed E-state index contributed by atoms with van der Waals surface area (Å²) in [6.07, 6.45) is 1.85. The molecule has 108 valence electrons. The van der Waals surface area contributed by atoms with Crippen molar-refractivity contribution in [2.24, 2.45) is 11.7 Å². The molecule has 0 aliphatic carbocycles. The van der Waals surface area contributed by atoms with Crippen LogP contribution < -0.4 is 10.6 Å². The summed E-state index contributed by atoms with van der Waals surface area (Å²) in [7, 11) is 4.16.